The lowest BCUT2D eigenvalue weighted by Crippen LogP contribution is -2.43. The first-order chi connectivity index (χ1) is 15.2. The van der Waals surface area contributed by atoms with Gasteiger partial charge in [-0.05, 0) is 62.8 Å². The minimum absolute atomic E-state index is 0.114. The number of nitrogens with zero attached hydrogens (tertiary/aromatic N) is 3. The highest BCUT2D eigenvalue weighted by Crippen LogP contribution is 2.33. The highest BCUT2D eigenvalue weighted by Gasteiger charge is 2.17. The molecule has 0 spiro atoms. The van der Waals surface area contributed by atoms with Crippen molar-refractivity contribution in [3.63, 3.8) is 0 Å². The summed E-state index contributed by atoms with van der Waals surface area (Å²) in [7, 11) is 1.55. The molecule has 0 saturated carbocycles. The van der Waals surface area contributed by atoms with Crippen molar-refractivity contribution in [1.29, 1.82) is 0 Å². The Morgan fingerprint density at radius 1 is 1.25 bits per heavy atom. The van der Waals surface area contributed by atoms with Crippen LogP contribution in [0.5, 0.6) is 11.5 Å². The van der Waals surface area contributed by atoms with E-state index in [2.05, 4.69) is 41.9 Å². The lowest BCUT2D eigenvalue weighted by atomic mass is 10.1. The molecule has 3 aromatic rings. The van der Waals surface area contributed by atoms with Gasteiger partial charge in [0, 0.05) is 28.0 Å². The van der Waals surface area contributed by atoms with Crippen LogP contribution in [0.25, 0.3) is 11.4 Å². The molecule has 11 heteroatoms. The number of rotatable bonds is 8. The summed E-state index contributed by atoms with van der Waals surface area (Å²) in [5.74, 6) is 1.41. The number of hydrogen-bond acceptors (Lipinski definition) is 7. The smallest absolute Gasteiger partial charge is 0.258 e. The van der Waals surface area contributed by atoms with Crippen molar-refractivity contribution < 1.29 is 14.3 Å². The monoisotopic (exact) mass is 520 g/mol. The molecule has 0 bridgehead atoms. The molecular weight excluding hydrogens is 496 g/mol. The zero-order valence-electron chi connectivity index (χ0n) is 18.2. The van der Waals surface area contributed by atoms with Crippen LogP contribution in [0.4, 0.5) is 0 Å². The van der Waals surface area contributed by atoms with Gasteiger partial charge >= 0.3 is 0 Å². The molecule has 1 aromatic carbocycles. The standard InChI is InChI=1S/C21H25BrN6O3S/c1-21(2,3)25-18(29)12-31-17-10-15(22)14(9-16(17)30-4)11-24-28-19(26-27-20(28)32)13-5-7-23-8-6-13/h5-10,24H,11-12H2,1-4H3,(H,25,29)(H,27,32). The van der Waals surface area contributed by atoms with Crippen molar-refractivity contribution in [2.24, 2.45) is 0 Å². The lowest BCUT2D eigenvalue weighted by molar-refractivity contribution is -0.124. The van der Waals surface area contributed by atoms with Gasteiger partial charge in [-0.3, -0.25) is 9.78 Å². The van der Waals surface area contributed by atoms with Crippen molar-refractivity contribution in [1.82, 2.24) is 25.2 Å². The second kappa shape index (κ2) is 10.1. The van der Waals surface area contributed by atoms with E-state index < -0.39 is 0 Å². The van der Waals surface area contributed by atoms with Gasteiger partial charge in [-0.25, -0.2) is 9.77 Å². The Hall–Kier alpha value is -2.92. The van der Waals surface area contributed by atoms with Gasteiger partial charge in [0.05, 0.1) is 13.7 Å². The van der Waals surface area contributed by atoms with Crippen LogP contribution in [0.2, 0.25) is 0 Å². The lowest BCUT2D eigenvalue weighted by Gasteiger charge is -2.21. The molecule has 32 heavy (non-hydrogen) atoms. The summed E-state index contributed by atoms with van der Waals surface area (Å²) in [6.45, 7) is 6.05. The summed E-state index contributed by atoms with van der Waals surface area (Å²) in [6, 6.07) is 7.32. The first-order valence-electron chi connectivity index (χ1n) is 9.80. The predicted molar refractivity (Wildman–Crippen MR) is 128 cm³/mol. The topological polar surface area (TPSA) is 106 Å². The molecule has 0 atom stereocenters. The number of H-pyrrole nitrogens is 1. The van der Waals surface area contributed by atoms with Gasteiger partial charge in [0.25, 0.3) is 5.91 Å². The van der Waals surface area contributed by atoms with Gasteiger partial charge < -0.3 is 20.2 Å². The van der Waals surface area contributed by atoms with E-state index >= 15 is 0 Å². The van der Waals surface area contributed by atoms with E-state index in [-0.39, 0.29) is 18.1 Å². The van der Waals surface area contributed by atoms with Crippen molar-refractivity contribution in [2.75, 3.05) is 19.1 Å². The molecule has 170 valence electrons. The summed E-state index contributed by atoms with van der Waals surface area (Å²) >= 11 is 8.93. The normalized spacial score (nSPS) is 11.2. The average molecular weight is 521 g/mol. The SMILES string of the molecule is COc1cc(CNn2c(-c3ccncc3)n[nH]c2=S)c(Br)cc1OCC(=O)NC(C)(C)C. The van der Waals surface area contributed by atoms with E-state index in [4.69, 9.17) is 21.7 Å². The van der Waals surface area contributed by atoms with Crippen LogP contribution in [0.3, 0.4) is 0 Å². The minimum atomic E-state index is -0.329. The number of pyridine rings is 1. The fourth-order valence-electron chi connectivity index (χ4n) is 2.89. The summed E-state index contributed by atoms with van der Waals surface area (Å²) in [5, 5.41) is 9.96. The zero-order valence-corrected chi connectivity index (χ0v) is 20.6. The summed E-state index contributed by atoms with van der Waals surface area (Å²) < 4.78 is 14.1. The largest absolute Gasteiger partial charge is 0.493 e. The Morgan fingerprint density at radius 3 is 2.62 bits per heavy atom. The molecule has 0 aliphatic heterocycles. The third kappa shape index (κ3) is 6.07. The van der Waals surface area contributed by atoms with Gasteiger partial charge in [0.2, 0.25) is 4.77 Å². The van der Waals surface area contributed by atoms with Crippen LogP contribution in [-0.2, 0) is 11.3 Å². The molecule has 3 N–H and O–H groups in total. The van der Waals surface area contributed by atoms with Crippen molar-refractivity contribution in [2.45, 2.75) is 32.9 Å². The second-order valence-electron chi connectivity index (χ2n) is 7.94. The number of aromatic nitrogens is 4. The summed E-state index contributed by atoms with van der Waals surface area (Å²) in [4.78, 5) is 16.1. The molecular formula is C21H25BrN6O3S. The highest BCUT2D eigenvalue weighted by atomic mass is 79.9. The van der Waals surface area contributed by atoms with Crippen molar-refractivity contribution >= 4 is 34.1 Å². The fourth-order valence-corrected chi connectivity index (χ4v) is 3.54. The number of carbonyl (C=O) groups excluding carboxylic acids is 1. The predicted octanol–water partition coefficient (Wildman–Crippen LogP) is 3.81. The number of hydrogen-bond donors (Lipinski definition) is 3. The minimum Gasteiger partial charge on any atom is -0.493 e. The van der Waals surface area contributed by atoms with E-state index in [0.29, 0.717) is 28.6 Å². The first-order valence-corrected chi connectivity index (χ1v) is 11.0. The molecule has 3 rings (SSSR count). The van der Waals surface area contributed by atoms with Crippen LogP contribution >= 0.6 is 28.1 Å². The Morgan fingerprint density at radius 2 is 1.97 bits per heavy atom. The number of carbonyl (C=O) groups is 1. The van der Waals surface area contributed by atoms with Crippen molar-refractivity contribution in [3.8, 4) is 22.9 Å². The molecule has 1 amide bonds. The van der Waals surface area contributed by atoms with E-state index in [9.17, 15) is 4.79 Å². The van der Waals surface area contributed by atoms with Gasteiger partial charge in [0.15, 0.2) is 23.9 Å². The molecule has 0 aliphatic rings. The third-order valence-corrected chi connectivity index (χ3v) is 5.26. The molecule has 0 aliphatic carbocycles. The number of nitrogens with one attached hydrogen (secondary N) is 3. The Labute approximate surface area is 199 Å². The molecule has 0 fully saturated rings. The van der Waals surface area contributed by atoms with Crippen LogP contribution in [-0.4, -0.2) is 45.0 Å². The van der Waals surface area contributed by atoms with E-state index in [1.807, 2.05) is 39.0 Å². The number of halogens is 1. The van der Waals surface area contributed by atoms with E-state index in [0.717, 1.165) is 15.6 Å². The third-order valence-electron chi connectivity index (χ3n) is 4.24. The van der Waals surface area contributed by atoms with Crippen LogP contribution in [0.1, 0.15) is 26.3 Å². The molecule has 0 unspecified atom stereocenters. The Bertz CT molecular complexity index is 1140. The maximum Gasteiger partial charge on any atom is 0.258 e. The number of methoxy groups -OCH3 is 1. The molecule has 9 nitrogen and oxygen atoms in total. The van der Waals surface area contributed by atoms with Crippen LogP contribution in [0.15, 0.2) is 41.1 Å². The summed E-state index contributed by atoms with van der Waals surface area (Å²) in [5.41, 5.74) is 4.71. The van der Waals surface area contributed by atoms with Gasteiger partial charge in [-0.2, -0.15) is 5.10 Å². The average Bonchev–Trinajstić information content (AvgIpc) is 3.11. The molecule has 2 aromatic heterocycles. The van der Waals surface area contributed by atoms with Crippen LogP contribution in [0, 0.1) is 4.77 Å². The van der Waals surface area contributed by atoms with Gasteiger partial charge in [-0.15, -0.1) is 0 Å². The maximum atomic E-state index is 12.1. The molecule has 0 radical (unpaired) electrons. The van der Waals surface area contributed by atoms with Gasteiger partial charge in [-0.1, -0.05) is 15.9 Å². The van der Waals surface area contributed by atoms with Crippen molar-refractivity contribution in [3.05, 3.63) is 51.5 Å². The summed E-state index contributed by atoms with van der Waals surface area (Å²) in [6.07, 6.45) is 3.39. The zero-order chi connectivity index (χ0) is 23.3. The van der Waals surface area contributed by atoms with Crippen LogP contribution < -0.4 is 20.2 Å². The first kappa shape index (κ1) is 23.7. The fraction of sp³-hybridized carbons (Fsp3) is 0.333. The number of aromatic amines is 1. The highest BCUT2D eigenvalue weighted by molar-refractivity contribution is 9.10. The second-order valence-corrected chi connectivity index (χ2v) is 9.18. The Balaban J connectivity index is 1.75. The number of benzene rings is 1. The van der Waals surface area contributed by atoms with E-state index in [1.54, 1.807) is 30.2 Å². The molecule has 0 saturated heterocycles. The quantitative estimate of drug-likeness (QED) is 0.387. The van der Waals surface area contributed by atoms with E-state index in [1.165, 1.54) is 0 Å². The number of amides is 1. The molecule has 2 heterocycles. The van der Waals surface area contributed by atoms with Gasteiger partial charge in [0.1, 0.15) is 0 Å². The Kier molecular flexibility index (Phi) is 7.52. The number of ether oxygens (including phenoxy) is 2. The maximum absolute atomic E-state index is 12.1.